The third kappa shape index (κ3) is 6.26. The summed E-state index contributed by atoms with van der Waals surface area (Å²) in [6.07, 6.45) is 0.851. The lowest BCUT2D eigenvalue weighted by Crippen LogP contribution is -2.38. The zero-order chi connectivity index (χ0) is 16.7. The van der Waals surface area contributed by atoms with Crippen LogP contribution in [0.3, 0.4) is 0 Å². The van der Waals surface area contributed by atoms with Gasteiger partial charge in [-0.05, 0) is 52.5 Å². The lowest BCUT2D eigenvalue weighted by molar-refractivity contribution is -0.132. The molecule has 0 aromatic heterocycles. The Bertz CT molecular complexity index is 527. The Balaban J connectivity index is 2.57. The quantitative estimate of drug-likeness (QED) is 0.839. The molecule has 1 N–H and O–H groups in total. The fourth-order valence-electron chi connectivity index (χ4n) is 2.24. The molecule has 22 heavy (non-hydrogen) atoms. The van der Waals surface area contributed by atoms with Crippen LogP contribution in [0.15, 0.2) is 18.2 Å². The van der Waals surface area contributed by atoms with E-state index in [0.29, 0.717) is 6.54 Å². The second kappa shape index (κ2) is 8.54. The smallest absolute Gasteiger partial charge is 0.244 e. The van der Waals surface area contributed by atoms with Gasteiger partial charge in [-0.2, -0.15) is 0 Å². The van der Waals surface area contributed by atoms with E-state index in [1.165, 1.54) is 6.92 Å². The van der Waals surface area contributed by atoms with E-state index in [2.05, 4.69) is 10.2 Å². The first-order valence-corrected chi connectivity index (χ1v) is 7.57. The van der Waals surface area contributed by atoms with E-state index < -0.39 is 0 Å². The molecule has 5 nitrogen and oxygen atoms in total. The first-order chi connectivity index (χ1) is 10.3. The number of carbonyl (C=O) groups is 2. The van der Waals surface area contributed by atoms with Crippen LogP contribution in [-0.4, -0.2) is 55.3 Å². The number of anilines is 1. The van der Waals surface area contributed by atoms with Crippen LogP contribution in [0.2, 0.25) is 0 Å². The van der Waals surface area contributed by atoms with Crippen LogP contribution in [0.4, 0.5) is 5.69 Å². The largest absolute Gasteiger partial charge is 0.334 e. The number of hydrogen-bond acceptors (Lipinski definition) is 3. The number of carbonyl (C=O) groups excluding carboxylic acids is 2. The Morgan fingerprint density at radius 1 is 1.14 bits per heavy atom. The molecular formula is C17H27N3O2. The number of nitrogens with one attached hydrogen (secondary N) is 1. The molecule has 5 heteroatoms. The van der Waals surface area contributed by atoms with Crippen molar-refractivity contribution in [2.24, 2.45) is 0 Å². The summed E-state index contributed by atoms with van der Waals surface area (Å²) in [6, 6.07) is 5.88. The Morgan fingerprint density at radius 3 is 2.36 bits per heavy atom. The summed E-state index contributed by atoms with van der Waals surface area (Å²) in [5.41, 5.74) is 2.98. The van der Waals surface area contributed by atoms with Crippen LogP contribution in [0.1, 0.15) is 24.5 Å². The molecule has 1 aromatic carbocycles. The van der Waals surface area contributed by atoms with Gasteiger partial charge in [0.15, 0.2) is 0 Å². The van der Waals surface area contributed by atoms with Crippen molar-refractivity contribution >= 4 is 17.5 Å². The zero-order valence-electron chi connectivity index (χ0n) is 14.3. The van der Waals surface area contributed by atoms with Crippen LogP contribution >= 0.6 is 0 Å². The van der Waals surface area contributed by atoms with Crippen LogP contribution < -0.4 is 5.32 Å². The molecule has 0 bridgehead atoms. The van der Waals surface area contributed by atoms with Crippen molar-refractivity contribution in [1.82, 2.24) is 9.80 Å². The summed E-state index contributed by atoms with van der Waals surface area (Å²) in [4.78, 5) is 27.4. The van der Waals surface area contributed by atoms with Gasteiger partial charge in [0, 0.05) is 19.2 Å². The fourth-order valence-corrected chi connectivity index (χ4v) is 2.24. The highest BCUT2D eigenvalue weighted by Crippen LogP contribution is 2.15. The van der Waals surface area contributed by atoms with Gasteiger partial charge in [0.05, 0.1) is 6.54 Å². The van der Waals surface area contributed by atoms with E-state index in [1.54, 1.807) is 4.90 Å². The molecule has 0 heterocycles. The minimum absolute atomic E-state index is 0.0745. The first-order valence-electron chi connectivity index (χ1n) is 7.57. The van der Waals surface area contributed by atoms with Gasteiger partial charge in [-0.3, -0.25) is 9.59 Å². The number of benzene rings is 1. The average Bonchev–Trinajstić information content (AvgIpc) is 2.40. The molecule has 0 spiro atoms. The van der Waals surface area contributed by atoms with E-state index in [-0.39, 0.29) is 18.4 Å². The second-order valence-electron chi connectivity index (χ2n) is 5.96. The Morgan fingerprint density at radius 2 is 1.82 bits per heavy atom. The maximum absolute atomic E-state index is 12.1. The standard InChI is InChI=1S/C17H27N3O2/c1-13-7-8-16(14(2)11-13)18-17(22)12-20(15(3)21)10-6-9-19(4)5/h7-8,11H,6,9-10,12H2,1-5H3,(H,18,22). The summed E-state index contributed by atoms with van der Waals surface area (Å²) in [7, 11) is 3.98. The lowest BCUT2D eigenvalue weighted by Gasteiger charge is -2.21. The van der Waals surface area contributed by atoms with Crippen LogP contribution in [0.5, 0.6) is 0 Å². The maximum atomic E-state index is 12.1. The van der Waals surface area contributed by atoms with E-state index in [9.17, 15) is 9.59 Å². The minimum atomic E-state index is -0.160. The van der Waals surface area contributed by atoms with Gasteiger partial charge >= 0.3 is 0 Å². The van der Waals surface area contributed by atoms with Crippen molar-refractivity contribution in [1.29, 1.82) is 0 Å². The highest BCUT2D eigenvalue weighted by Gasteiger charge is 2.14. The maximum Gasteiger partial charge on any atom is 0.244 e. The summed E-state index contributed by atoms with van der Waals surface area (Å²) in [6.45, 7) is 7.05. The Kier molecular flexibility index (Phi) is 7.05. The molecule has 0 aliphatic rings. The zero-order valence-corrected chi connectivity index (χ0v) is 14.3. The van der Waals surface area contributed by atoms with Crippen molar-refractivity contribution in [3.05, 3.63) is 29.3 Å². The monoisotopic (exact) mass is 305 g/mol. The molecule has 0 aliphatic heterocycles. The number of aryl methyl sites for hydroxylation is 2. The normalized spacial score (nSPS) is 10.6. The second-order valence-corrected chi connectivity index (χ2v) is 5.96. The molecule has 122 valence electrons. The van der Waals surface area contributed by atoms with Gasteiger partial charge in [-0.1, -0.05) is 17.7 Å². The molecule has 0 saturated carbocycles. The third-order valence-electron chi connectivity index (χ3n) is 3.47. The van der Waals surface area contributed by atoms with Crippen LogP contribution in [-0.2, 0) is 9.59 Å². The predicted octanol–water partition coefficient (Wildman–Crippen LogP) is 2.04. The van der Waals surface area contributed by atoms with Gasteiger partial charge in [0.1, 0.15) is 0 Å². The van der Waals surface area contributed by atoms with E-state index in [0.717, 1.165) is 29.8 Å². The number of amides is 2. The molecule has 0 aliphatic carbocycles. The van der Waals surface area contributed by atoms with Crippen LogP contribution in [0, 0.1) is 13.8 Å². The van der Waals surface area contributed by atoms with Crippen molar-refractivity contribution in [2.45, 2.75) is 27.2 Å². The van der Waals surface area contributed by atoms with E-state index >= 15 is 0 Å². The fraction of sp³-hybridized carbons (Fsp3) is 0.529. The molecule has 2 amide bonds. The van der Waals surface area contributed by atoms with Crippen LogP contribution in [0.25, 0.3) is 0 Å². The topological polar surface area (TPSA) is 52.7 Å². The number of rotatable bonds is 7. The third-order valence-corrected chi connectivity index (χ3v) is 3.47. The van der Waals surface area contributed by atoms with Gasteiger partial charge in [-0.15, -0.1) is 0 Å². The van der Waals surface area contributed by atoms with Gasteiger partial charge in [0.25, 0.3) is 0 Å². The number of nitrogens with zero attached hydrogens (tertiary/aromatic N) is 2. The van der Waals surface area contributed by atoms with Gasteiger partial charge in [-0.25, -0.2) is 0 Å². The molecule has 0 fully saturated rings. The lowest BCUT2D eigenvalue weighted by atomic mass is 10.1. The summed E-state index contributed by atoms with van der Waals surface area (Å²) in [5.74, 6) is -0.235. The molecule has 0 unspecified atom stereocenters. The number of hydrogen-bond donors (Lipinski definition) is 1. The van der Waals surface area contributed by atoms with Gasteiger partial charge < -0.3 is 15.1 Å². The van der Waals surface area contributed by atoms with E-state index in [1.807, 2.05) is 46.1 Å². The molecule has 0 atom stereocenters. The van der Waals surface area contributed by atoms with Crippen molar-refractivity contribution < 1.29 is 9.59 Å². The van der Waals surface area contributed by atoms with Gasteiger partial charge in [0.2, 0.25) is 11.8 Å². The van der Waals surface area contributed by atoms with Crippen molar-refractivity contribution in [2.75, 3.05) is 39.0 Å². The SMILES string of the molecule is CC(=O)N(CCCN(C)C)CC(=O)Nc1ccc(C)cc1C. The van der Waals surface area contributed by atoms with Crippen molar-refractivity contribution in [3.8, 4) is 0 Å². The average molecular weight is 305 g/mol. The summed E-state index contributed by atoms with van der Waals surface area (Å²) in [5, 5.41) is 2.88. The Labute approximate surface area is 133 Å². The Hall–Kier alpha value is -1.88. The van der Waals surface area contributed by atoms with E-state index in [4.69, 9.17) is 0 Å². The molecule has 0 radical (unpaired) electrons. The molecule has 0 saturated heterocycles. The summed E-state index contributed by atoms with van der Waals surface area (Å²) >= 11 is 0. The molecule has 1 aromatic rings. The summed E-state index contributed by atoms with van der Waals surface area (Å²) < 4.78 is 0. The molecule has 1 rings (SSSR count). The minimum Gasteiger partial charge on any atom is -0.334 e. The molecular weight excluding hydrogens is 278 g/mol. The first kappa shape index (κ1) is 18.2. The van der Waals surface area contributed by atoms with Crippen molar-refractivity contribution in [3.63, 3.8) is 0 Å². The highest BCUT2D eigenvalue weighted by molar-refractivity contribution is 5.94. The highest BCUT2D eigenvalue weighted by atomic mass is 16.2. The predicted molar refractivity (Wildman–Crippen MR) is 90.0 cm³/mol.